The van der Waals surface area contributed by atoms with E-state index in [0.717, 1.165) is 5.57 Å². The predicted molar refractivity (Wildman–Crippen MR) is 38.4 cm³/mol. The summed E-state index contributed by atoms with van der Waals surface area (Å²) in [6, 6.07) is 0. The lowest BCUT2D eigenvalue weighted by Crippen LogP contribution is -1.99. The Morgan fingerprint density at radius 1 is 1.60 bits per heavy atom. The quantitative estimate of drug-likeness (QED) is 0.540. The zero-order valence-electron chi connectivity index (χ0n) is 5.58. The minimum atomic E-state index is -2.80. The van der Waals surface area contributed by atoms with E-state index in [-0.39, 0.29) is 18.1 Å². The summed E-state index contributed by atoms with van der Waals surface area (Å²) < 4.78 is 21.6. The molecular weight excluding hydrogens is 152 g/mol. The van der Waals surface area contributed by atoms with E-state index in [1.807, 2.05) is 0 Å². The van der Waals surface area contributed by atoms with Crippen LogP contribution in [0, 0.1) is 0 Å². The summed E-state index contributed by atoms with van der Waals surface area (Å²) in [6.07, 6.45) is 2.17. The van der Waals surface area contributed by atoms with Crippen molar-refractivity contribution in [3.8, 4) is 0 Å². The Balaban J connectivity index is 2.69. The van der Waals surface area contributed by atoms with Crippen molar-refractivity contribution in [2.24, 2.45) is 0 Å². The third kappa shape index (κ3) is 1.82. The lowest BCUT2D eigenvalue weighted by molar-refractivity contribution is 0.341. The van der Waals surface area contributed by atoms with E-state index >= 15 is 0 Å². The van der Waals surface area contributed by atoms with E-state index in [1.54, 1.807) is 6.08 Å². The third-order valence-electron chi connectivity index (χ3n) is 1.52. The molecule has 0 atom stereocenters. The molecule has 1 saturated heterocycles. The number of hydrogen-bond donors (Lipinski definition) is 1. The number of rotatable bonds is 1. The fourth-order valence-electron chi connectivity index (χ4n) is 1.00. The molecule has 10 heavy (non-hydrogen) atoms. The second kappa shape index (κ2) is 2.72. The van der Waals surface area contributed by atoms with E-state index in [1.165, 1.54) is 0 Å². The highest BCUT2D eigenvalue weighted by Gasteiger charge is 2.21. The van der Waals surface area contributed by atoms with Gasteiger partial charge in [0.15, 0.2) is 9.84 Å². The van der Waals surface area contributed by atoms with Crippen LogP contribution in [0.3, 0.4) is 0 Å². The number of sulfone groups is 1. The Bertz CT molecular complexity index is 238. The lowest BCUT2D eigenvalue weighted by Gasteiger charge is -1.88. The maximum atomic E-state index is 10.8. The van der Waals surface area contributed by atoms with Crippen LogP contribution < -0.4 is 0 Å². The van der Waals surface area contributed by atoms with Crippen LogP contribution in [0.15, 0.2) is 11.6 Å². The number of hydrogen-bond acceptors (Lipinski definition) is 3. The van der Waals surface area contributed by atoms with Crippen molar-refractivity contribution in [2.75, 3.05) is 18.1 Å². The zero-order chi connectivity index (χ0) is 7.61. The van der Waals surface area contributed by atoms with Crippen LogP contribution in [0.25, 0.3) is 0 Å². The summed E-state index contributed by atoms with van der Waals surface area (Å²) in [5.41, 5.74) is 0.850. The fourth-order valence-corrected chi connectivity index (χ4v) is 2.55. The maximum absolute atomic E-state index is 10.8. The van der Waals surface area contributed by atoms with Crippen LogP contribution in [0.1, 0.15) is 6.42 Å². The highest BCUT2D eigenvalue weighted by atomic mass is 32.2. The van der Waals surface area contributed by atoms with Gasteiger partial charge in [0, 0.05) is 0 Å². The summed E-state index contributed by atoms with van der Waals surface area (Å²) in [5, 5.41) is 8.43. The van der Waals surface area contributed by atoms with Gasteiger partial charge in [-0.1, -0.05) is 11.6 Å². The molecule has 0 bridgehead atoms. The molecule has 0 unspecified atom stereocenters. The molecule has 1 fully saturated rings. The molecule has 1 rings (SSSR count). The van der Waals surface area contributed by atoms with Crippen LogP contribution in [0.4, 0.5) is 0 Å². The highest BCUT2D eigenvalue weighted by molar-refractivity contribution is 7.91. The molecule has 0 spiro atoms. The van der Waals surface area contributed by atoms with Gasteiger partial charge in [-0.15, -0.1) is 0 Å². The fraction of sp³-hybridized carbons (Fsp3) is 0.667. The van der Waals surface area contributed by atoms with E-state index in [9.17, 15) is 8.42 Å². The standard InChI is InChI=1S/C6H10O3S/c7-3-1-6-2-4-10(8,9)5-6/h1,7H,2-5H2/b6-1+. The topological polar surface area (TPSA) is 54.4 Å². The Kier molecular flexibility index (Phi) is 2.11. The second-order valence-electron chi connectivity index (χ2n) is 2.39. The molecule has 3 nitrogen and oxygen atoms in total. The van der Waals surface area contributed by atoms with Crippen molar-refractivity contribution in [3.63, 3.8) is 0 Å². The Morgan fingerprint density at radius 2 is 2.30 bits per heavy atom. The Labute approximate surface area is 60.3 Å². The average molecular weight is 162 g/mol. The zero-order valence-corrected chi connectivity index (χ0v) is 6.39. The molecular formula is C6H10O3S. The van der Waals surface area contributed by atoms with Gasteiger partial charge in [-0.05, 0) is 6.42 Å². The Morgan fingerprint density at radius 3 is 2.70 bits per heavy atom. The summed E-state index contributed by atoms with van der Waals surface area (Å²) in [7, 11) is -2.80. The summed E-state index contributed by atoms with van der Waals surface area (Å²) in [4.78, 5) is 0. The van der Waals surface area contributed by atoms with Gasteiger partial charge >= 0.3 is 0 Å². The van der Waals surface area contributed by atoms with Crippen molar-refractivity contribution >= 4 is 9.84 Å². The normalized spacial score (nSPS) is 27.5. The summed E-state index contributed by atoms with van der Waals surface area (Å²) in [6.45, 7) is -0.0507. The third-order valence-corrected chi connectivity index (χ3v) is 3.16. The molecule has 58 valence electrons. The van der Waals surface area contributed by atoms with Gasteiger partial charge in [0.25, 0.3) is 0 Å². The largest absolute Gasteiger partial charge is 0.392 e. The van der Waals surface area contributed by atoms with Gasteiger partial charge in [-0.2, -0.15) is 0 Å². The van der Waals surface area contributed by atoms with Crippen molar-refractivity contribution in [1.29, 1.82) is 0 Å². The molecule has 1 heterocycles. The van der Waals surface area contributed by atoms with Gasteiger partial charge in [0.05, 0.1) is 18.1 Å². The van der Waals surface area contributed by atoms with Crippen LogP contribution >= 0.6 is 0 Å². The minimum absolute atomic E-state index is 0.0507. The van der Waals surface area contributed by atoms with Crippen LogP contribution in [-0.2, 0) is 9.84 Å². The van der Waals surface area contributed by atoms with E-state index in [0.29, 0.717) is 6.42 Å². The SMILES string of the molecule is O=S1(=O)CC/C(=C\CO)C1. The molecule has 0 aromatic carbocycles. The van der Waals surface area contributed by atoms with Crippen LogP contribution in [0.2, 0.25) is 0 Å². The van der Waals surface area contributed by atoms with E-state index < -0.39 is 9.84 Å². The van der Waals surface area contributed by atoms with Gasteiger partial charge in [0.1, 0.15) is 0 Å². The average Bonchev–Trinajstić information content (AvgIpc) is 2.12. The van der Waals surface area contributed by atoms with Crippen molar-refractivity contribution in [3.05, 3.63) is 11.6 Å². The van der Waals surface area contributed by atoms with Gasteiger partial charge in [-0.25, -0.2) is 8.42 Å². The maximum Gasteiger partial charge on any atom is 0.154 e. The van der Waals surface area contributed by atoms with Gasteiger partial charge in [-0.3, -0.25) is 0 Å². The minimum Gasteiger partial charge on any atom is -0.392 e. The molecule has 0 amide bonds. The molecule has 1 aliphatic heterocycles. The molecule has 0 aliphatic carbocycles. The molecule has 0 radical (unpaired) electrons. The monoisotopic (exact) mass is 162 g/mol. The first-order chi connectivity index (χ1) is 4.64. The summed E-state index contributed by atoms with van der Waals surface area (Å²) in [5.74, 6) is 0.395. The van der Waals surface area contributed by atoms with Crippen LogP contribution in [0.5, 0.6) is 0 Å². The second-order valence-corrected chi connectivity index (χ2v) is 4.57. The van der Waals surface area contributed by atoms with Gasteiger partial charge < -0.3 is 5.11 Å². The molecule has 0 aromatic rings. The van der Waals surface area contributed by atoms with Crippen LogP contribution in [-0.4, -0.2) is 31.6 Å². The first-order valence-electron chi connectivity index (χ1n) is 3.13. The number of aliphatic hydroxyl groups excluding tert-OH is 1. The lowest BCUT2D eigenvalue weighted by atomic mass is 10.2. The smallest absolute Gasteiger partial charge is 0.154 e. The highest BCUT2D eigenvalue weighted by Crippen LogP contribution is 2.16. The van der Waals surface area contributed by atoms with E-state index in [4.69, 9.17) is 5.11 Å². The van der Waals surface area contributed by atoms with Gasteiger partial charge in [0.2, 0.25) is 0 Å². The van der Waals surface area contributed by atoms with Crippen molar-refractivity contribution in [1.82, 2.24) is 0 Å². The first-order valence-corrected chi connectivity index (χ1v) is 4.95. The first kappa shape index (κ1) is 7.75. The molecule has 1 N–H and O–H groups in total. The van der Waals surface area contributed by atoms with E-state index in [2.05, 4.69) is 0 Å². The molecule has 0 aromatic heterocycles. The van der Waals surface area contributed by atoms with Crippen molar-refractivity contribution in [2.45, 2.75) is 6.42 Å². The molecule has 1 aliphatic rings. The predicted octanol–water partition coefficient (Wildman–Crippen LogP) is -0.276. The number of aliphatic hydroxyl groups is 1. The Hall–Kier alpha value is -0.350. The molecule has 0 saturated carbocycles. The van der Waals surface area contributed by atoms with Crippen molar-refractivity contribution < 1.29 is 13.5 Å². The molecule has 4 heteroatoms. The summed E-state index contributed by atoms with van der Waals surface area (Å²) >= 11 is 0.